The van der Waals surface area contributed by atoms with E-state index in [2.05, 4.69) is 24.1 Å². The zero-order valence-corrected chi connectivity index (χ0v) is 15.1. The van der Waals surface area contributed by atoms with Gasteiger partial charge in [-0.15, -0.1) is 11.3 Å². The van der Waals surface area contributed by atoms with Crippen LogP contribution in [0, 0.1) is 5.92 Å². The monoisotopic (exact) mass is 355 g/mol. The molecule has 0 saturated carbocycles. The summed E-state index contributed by atoms with van der Waals surface area (Å²) in [4.78, 5) is 29.9. The van der Waals surface area contributed by atoms with Gasteiger partial charge in [-0.1, -0.05) is 44.2 Å². The molecular formula is C19H21N3O2S. The molecule has 1 atom stereocenters. The van der Waals surface area contributed by atoms with Crippen molar-refractivity contribution in [3.05, 3.63) is 64.0 Å². The smallest absolute Gasteiger partial charge is 0.262 e. The predicted molar refractivity (Wildman–Crippen MR) is 101 cm³/mol. The number of benzene rings is 1. The van der Waals surface area contributed by atoms with Crippen molar-refractivity contribution in [2.24, 2.45) is 5.92 Å². The molecule has 1 N–H and O–H groups in total. The largest absolute Gasteiger partial charge is 0.348 e. The summed E-state index contributed by atoms with van der Waals surface area (Å²) in [6, 6.07) is 11.6. The molecule has 25 heavy (non-hydrogen) atoms. The van der Waals surface area contributed by atoms with Crippen LogP contribution in [0.5, 0.6) is 0 Å². The van der Waals surface area contributed by atoms with E-state index < -0.39 is 0 Å². The number of thiophene rings is 1. The number of nitrogens with zero attached hydrogens (tertiary/aromatic N) is 2. The Balaban J connectivity index is 1.76. The van der Waals surface area contributed by atoms with Crippen LogP contribution < -0.4 is 10.9 Å². The van der Waals surface area contributed by atoms with Crippen LogP contribution in [-0.4, -0.2) is 15.5 Å². The van der Waals surface area contributed by atoms with Crippen molar-refractivity contribution in [1.29, 1.82) is 0 Å². The molecule has 130 valence electrons. The molecule has 0 aliphatic heterocycles. The second kappa shape index (κ2) is 7.61. The lowest BCUT2D eigenvalue weighted by atomic mass is 9.97. The minimum Gasteiger partial charge on any atom is -0.348 e. The Morgan fingerprint density at radius 1 is 1.24 bits per heavy atom. The van der Waals surface area contributed by atoms with Gasteiger partial charge in [-0.3, -0.25) is 14.2 Å². The maximum atomic E-state index is 12.5. The summed E-state index contributed by atoms with van der Waals surface area (Å²) in [5.41, 5.74) is 0.893. The van der Waals surface area contributed by atoms with Crippen LogP contribution in [-0.2, 0) is 11.3 Å². The Morgan fingerprint density at radius 3 is 2.72 bits per heavy atom. The van der Waals surface area contributed by atoms with Crippen LogP contribution in [0.3, 0.4) is 0 Å². The first-order valence-electron chi connectivity index (χ1n) is 8.31. The predicted octanol–water partition coefficient (Wildman–Crippen LogP) is 3.36. The quantitative estimate of drug-likeness (QED) is 0.737. The van der Waals surface area contributed by atoms with Gasteiger partial charge < -0.3 is 5.32 Å². The fraction of sp³-hybridized carbons (Fsp3) is 0.316. The lowest BCUT2D eigenvalue weighted by Crippen LogP contribution is -2.35. The summed E-state index contributed by atoms with van der Waals surface area (Å²) >= 11 is 1.42. The van der Waals surface area contributed by atoms with Gasteiger partial charge in [0.05, 0.1) is 17.8 Å². The average molecular weight is 355 g/mol. The third-order valence-electron chi connectivity index (χ3n) is 4.01. The third-order valence-corrected chi connectivity index (χ3v) is 4.83. The van der Waals surface area contributed by atoms with Gasteiger partial charge in [-0.05, 0) is 29.3 Å². The fourth-order valence-electron chi connectivity index (χ4n) is 2.84. The highest BCUT2D eigenvalue weighted by molar-refractivity contribution is 7.16. The van der Waals surface area contributed by atoms with Gasteiger partial charge in [0.15, 0.2) is 0 Å². The SMILES string of the molecule is CC(C)CC(NC(=O)Cn1cnc2sccc2c1=O)c1ccccc1. The molecule has 0 bridgehead atoms. The van der Waals surface area contributed by atoms with Gasteiger partial charge in [0.1, 0.15) is 11.4 Å². The zero-order chi connectivity index (χ0) is 17.8. The lowest BCUT2D eigenvalue weighted by Gasteiger charge is -2.21. The van der Waals surface area contributed by atoms with Crippen LogP contribution in [0.15, 0.2) is 52.9 Å². The van der Waals surface area contributed by atoms with Crippen LogP contribution in [0.25, 0.3) is 10.2 Å². The number of rotatable bonds is 6. The highest BCUT2D eigenvalue weighted by Gasteiger charge is 2.17. The second-order valence-electron chi connectivity index (χ2n) is 6.48. The number of hydrogen-bond acceptors (Lipinski definition) is 4. The summed E-state index contributed by atoms with van der Waals surface area (Å²) in [5.74, 6) is 0.255. The Morgan fingerprint density at radius 2 is 2.00 bits per heavy atom. The molecule has 0 aliphatic carbocycles. The zero-order valence-electron chi connectivity index (χ0n) is 14.3. The molecule has 3 aromatic rings. The Labute approximate surface area is 150 Å². The van der Waals surface area contributed by atoms with Crippen molar-refractivity contribution in [2.45, 2.75) is 32.9 Å². The molecule has 1 aromatic carbocycles. The van der Waals surface area contributed by atoms with E-state index in [-0.39, 0.29) is 24.1 Å². The molecule has 6 heteroatoms. The molecule has 1 amide bonds. The number of carbonyl (C=O) groups excluding carboxylic acids is 1. The van der Waals surface area contributed by atoms with Crippen LogP contribution >= 0.6 is 11.3 Å². The molecular weight excluding hydrogens is 334 g/mol. The van der Waals surface area contributed by atoms with Crippen molar-refractivity contribution in [2.75, 3.05) is 0 Å². The van der Waals surface area contributed by atoms with Gasteiger partial charge in [0, 0.05) is 0 Å². The van der Waals surface area contributed by atoms with Gasteiger partial charge >= 0.3 is 0 Å². The normalized spacial score (nSPS) is 12.4. The van der Waals surface area contributed by atoms with Gasteiger partial charge in [0.25, 0.3) is 5.56 Å². The van der Waals surface area contributed by atoms with E-state index in [4.69, 9.17) is 0 Å². The van der Waals surface area contributed by atoms with E-state index in [1.807, 2.05) is 35.7 Å². The molecule has 0 fully saturated rings. The van der Waals surface area contributed by atoms with E-state index in [1.165, 1.54) is 22.2 Å². The minimum absolute atomic E-state index is 0.0287. The Hall–Kier alpha value is -2.47. The van der Waals surface area contributed by atoms with E-state index in [0.29, 0.717) is 16.1 Å². The topological polar surface area (TPSA) is 64.0 Å². The second-order valence-corrected chi connectivity index (χ2v) is 7.37. The van der Waals surface area contributed by atoms with Crippen molar-refractivity contribution >= 4 is 27.5 Å². The molecule has 5 nitrogen and oxygen atoms in total. The molecule has 0 radical (unpaired) electrons. The first-order chi connectivity index (χ1) is 12.0. The van der Waals surface area contributed by atoms with Crippen molar-refractivity contribution < 1.29 is 4.79 Å². The van der Waals surface area contributed by atoms with Crippen LogP contribution in [0.2, 0.25) is 0 Å². The van der Waals surface area contributed by atoms with E-state index in [1.54, 1.807) is 6.07 Å². The highest BCUT2D eigenvalue weighted by atomic mass is 32.1. The maximum Gasteiger partial charge on any atom is 0.262 e. The first kappa shape index (κ1) is 17.4. The third kappa shape index (κ3) is 4.14. The van der Waals surface area contributed by atoms with Crippen molar-refractivity contribution in [3.63, 3.8) is 0 Å². The molecule has 1 unspecified atom stereocenters. The number of hydrogen-bond donors (Lipinski definition) is 1. The summed E-state index contributed by atoms with van der Waals surface area (Å²) in [6.45, 7) is 4.22. The van der Waals surface area contributed by atoms with Gasteiger partial charge in [-0.2, -0.15) is 0 Å². The molecule has 2 aromatic heterocycles. The minimum atomic E-state index is -0.187. The summed E-state index contributed by atoms with van der Waals surface area (Å²) in [6.07, 6.45) is 2.28. The standard InChI is InChI=1S/C19H21N3O2S/c1-13(2)10-16(14-6-4-3-5-7-14)21-17(23)11-22-12-20-18-15(19(22)24)8-9-25-18/h3-9,12-13,16H,10-11H2,1-2H3,(H,21,23). The van der Waals surface area contributed by atoms with Crippen molar-refractivity contribution in [3.8, 4) is 0 Å². The fourth-order valence-corrected chi connectivity index (χ4v) is 3.56. The highest BCUT2D eigenvalue weighted by Crippen LogP contribution is 2.21. The van der Waals surface area contributed by atoms with E-state index in [9.17, 15) is 9.59 Å². The lowest BCUT2D eigenvalue weighted by molar-refractivity contribution is -0.122. The Kier molecular flexibility index (Phi) is 5.28. The van der Waals surface area contributed by atoms with E-state index >= 15 is 0 Å². The summed E-state index contributed by atoms with van der Waals surface area (Å²) < 4.78 is 1.36. The number of nitrogens with one attached hydrogen (secondary N) is 1. The molecule has 0 saturated heterocycles. The number of aromatic nitrogens is 2. The number of amides is 1. The van der Waals surface area contributed by atoms with Crippen LogP contribution in [0.1, 0.15) is 31.9 Å². The summed E-state index contributed by atoms with van der Waals surface area (Å²) in [7, 11) is 0. The molecule has 0 aliphatic rings. The van der Waals surface area contributed by atoms with E-state index in [0.717, 1.165) is 12.0 Å². The Bertz CT molecular complexity index is 915. The maximum absolute atomic E-state index is 12.5. The number of carbonyl (C=O) groups is 1. The van der Waals surface area contributed by atoms with Crippen LogP contribution in [0.4, 0.5) is 0 Å². The molecule has 0 spiro atoms. The van der Waals surface area contributed by atoms with Gasteiger partial charge in [-0.25, -0.2) is 4.98 Å². The average Bonchev–Trinajstić information content (AvgIpc) is 3.07. The molecule has 3 rings (SSSR count). The van der Waals surface area contributed by atoms with Crippen molar-refractivity contribution in [1.82, 2.24) is 14.9 Å². The number of fused-ring (bicyclic) bond motifs is 1. The first-order valence-corrected chi connectivity index (χ1v) is 9.19. The van der Waals surface area contributed by atoms with Gasteiger partial charge in [0.2, 0.25) is 5.91 Å². The molecule has 2 heterocycles. The summed E-state index contributed by atoms with van der Waals surface area (Å²) in [5, 5.41) is 5.45.